The van der Waals surface area contributed by atoms with Crippen LogP contribution in [-0.2, 0) is 10.1 Å². The van der Waals surface area contributed by atoms with Crippen LogP contribution in [0.4, 0.5) is 13.2 Å². The predicted octanol–water partition coefficient (Wildman–Crippen LogP) is 2.48. The van der Waals surface area contributed by atoms with Crippen molar-refractivity contribution in [2.24, 2.45) is 0 Å². The molecule has 0 spiro atoms. The van der Waals surface area contributed by atoms with Crippen molar-refractivity contribution in [3.05, 3.63) is 12.1 Å². The molecule has 22 heavy (non-hydrogen) atoms. The first kappa shape index (κ1) is 18.6. The van der Waals surface area contributed by atoms with Crippen molar-refractivity contribution in [2.75, 3.05) is 14.2 Å². The molecule has 0 radical (unpaired) electrons. The second-order valence-corrected chi connectivity index (χ2v) is 12.0. The average molecular weight is 358 g/mol. The van der Waals surface area contributed by atoms with Gasteiger partial charge >= 0.3 is 15.6 Å². The number of halogens is 3. The molecule has 0 unspecified atom stereocenters. The van der Waals surface area contributed by atoms with Crippen molar-refractivity contribution < 1.29 is 35.2 Å². The SMILES string of the molecule is COc1cc(OC)c([Si](C)(C)C)c(OS(=O)(=O)C(F)(F)F)c1. The minimum atomic E-state index is -5.77. The van der Waals surface area contributed by atoms with Crippen LogP contribution in [-0.4, -0.2) is 36.2 Å². The maximum atomic E-state index is 12.5. The lowest BCUT2D eigenvalue weighted by molar-refractivity contribution is -0.0499. The summed E-state index contributed by atoms with van der Waals surface area (Å²) >= 11 is 0. The van der Waals surface area contributed by atoms with Gasteiger partial charge in [-0.15, -0.1) is 0 Å². The fourth-order valence-electron chi connectivity index (χ4n) is 1.82. The molecule has 0 saturated heterocycles. The Morgan fingerprint density at radius 2 is 1.50 bits per heavy atom. The Morgan fingerprint density at radius 1 is 1.00 bits per heavy atom. The third-order valence-electron chi connectivity index (χ3n) is 2.73. The van der Waals surface area contributed by atoms with Gasteiger partial charge in [-0.25, -0.2) is 0 Å². The molecule has 10 heteroatoms. The Balaban J connectivity index is 3.58. The molecule has 126 valence electrons. The number of ether oxygens (including phenoxy) is 2. The quantitative estimate of drug-likeness (QED) is 0.460. The van der Waals surface area contributed by atoms with E-state index in [9.17, 15) is 21.6 Å². The molecule has 0 atom stereocenters. The van der Waals surface area contributed by atoms with E-state index in [0.29, 0.717) is 5.19 Å². The van der Waals surface area contributed by atoms with Crippen molar-refractivity contribution in [3.63, 3.8) is 0 Å². The summed E-state index contributed by atoms with van der Waals surface area (Å²) in [5.74, 6) is -0.0650. The van der Waals surface area contributed by atoms with Gasteiger partial charge in [0.05, 0.1) is 22.3 Å². The summed E-state index contributed by atoms with van der Waals surface area (Å²) in [6.45, 7) is 5.47. The summed E-state index contributed by atoms with van der Waals surface area (Å²) in [4.78, 5) is 0. The number of methoxy groups -OCH3 is 2. The van der Waals surface area contributed by atoms with Gasteiger partial charge in [0.15, 0.2) is 0 Å². The smallest absolute Gasteiger partial charge is 0.497 e. The minimum absolute atomic E-state index is 0.131. The van der Waals surface area contributed by atoms with Crippen LogP contribution in [0.1, 0.15) is 0 Å². The summed E-state index contributed by atoms with van der Waals surface area (Å²) in [5, 5.41) is 0.323. The molecule has 0 heterocycles. The van der Waals surface area contributed by atoms with E-state index in [2.05, 4.69) is 4.18 Å². The maximum absolute atomic E-state index is 12.5. The van der Waals surface area contributed by atoms with Gasteiger partial charge in [0.2, 0.25) is 0 Å². The average Bonchev–Trinajstić information content (AvgIpc) is 2.34. The molecular weight excluding hydrogens is 341 g/mol. The molecule has 0 aliphatic rings. The van der Waals surface area contributed by atoms with E-state index in [4.69, 9.17) is 9.47 Å². The lowest BCUT2D eigenvalue weighted by Crippen LogP contribution is -2.41. The van der Waals surface area contributed by atoms with Gasteiger partial charge in [-0.1, -0.05) is 19.6 Å². The Morgan fingerprint density at radius 3 is 1.86 bits per heavy atom. The van der Waals surface area contributed by atoms with E-state index in [0.717, 1.165) is 6.07 Å². The molecule has 0 amide bonds. The highest BCUT2D eigenvalue weighted by molar-refractivity contribution is 7.88. The van der Waals surface area contributed by atoms with Crippen LogP contribution in [0, 0.1) is 0 Å². The Labute approximate surface area is 128 Å². The first-order chi connectivity index (χ1) is 9.83. The van der Waals surface area contributed by atoms with Gasteiger partial charge in [0.1, 0.15) is 17.2 Å². The molecule has 0 aromatic heterocycles. The standard InChI is InChI=1S/C12H17F3O5SSi/c1-18-8-6-9(19-2)11(22(3,4)5)10(7-8)20-21(16,17)12(13,14)15/h6-7H,1-5H3. The fourth-order valence-corrected chi connectivity index (χ4v) is 4.13. The van der Waals surface area contributed by atoms with Crippen LogP contribution in [0.3, 0.4) is 0 Å². The van der Waals surface area contributed by atoms with E-state index >= 15 is 0 Å². The van der Waals surface area contributed by atoms with Gasteiger partial charge in [-0.05, 0) is 0 Å². The Bertz CT molecular complexity index is 650. The van der Waals surface area contributed by atoms with Crippen LogP contribution in [0.25, 0.3) is 0 Å². The monoisotopic (exact) mass is 358 g/mol. The highest BCUT2D eigenvalue weighted by atomic mass is 32.2. The van der Waals surface area contributed by atoms with Crippen molar-refractivity contribution in [1.82, 2.24) is 0 Å². The zero-order chi connectivity index (χ0) is 17.3. The Hall–Kier alpha value is -1.42. The van der Waals surface area contributed by atoms with Crippen LogP contribution >= 0.6 is 0 Å². The molecule has 1 aromatic carbocycles. The van der Waals surface area contributed by atoms with Gasteiger partial charge < -0.3 is 13.7 Å². The minimum Gasteiger partial charge on any atom is -0.497 e. The molecule has 0 aliphatic carbocycles. The molecule has 1 aromatic rings. The summed E-state index contributed by atoms with van der Waals surface area (Å²) in [5.41, 5.74) is -5.51. The van der Waals surface area contributed by atoms with Crippen molar-refractivity contribution >= 4 is 23.4 Å². The van der Waals surface area contributed by atoms with Gasteiger partial charge in [0, 0.05) is 17.3 Å². The van der Waals surface area contributed by atoms with E-state index in [-0.39, 0.29) is 11.5 Å². The summed E-state index contributed by atoms with van der Waals surface area (Å²) in [6, 6.07) is 2.58. The maximum Gasteiger partial charge on any atom is 0.534 e. The number of hydrogen-bond acceptors (Lipinski definition) is 5. The van der Waals surface area contributed by atoms with Crippen LogP contribution in [0.15, 0.2) is 12.1 Å². The molecule has 0 saturated carbocycles. The lowest BCUT2D eigenvalue weighted by atomic mass is 10.3. The molecule has 1 rings (SSSR count). The number of hydrogen-bond donors (Lipinski definition) is 0. The first-order valence-electron chi connectivity index (χ1n) is 6.10. The van der Waals surface area contributed by atoms with E-state index in [1.54, 1.807) is 0 Å². The van der Waals surface area contributed by atoms with E-state index in [1.165, 1.54) is 20.3 Å². The van der Waals surface area contributed by atoms with Crippen molar-refractivity contribution in [3.8, 4) is 17.2 Å². The van der Waals surface area contributed by atoms with Gasteiger partial charge in [-0.3, -0.25) is 0 Å². The zero-order valence-electron chi connectivity index (χ0n) is 12.7. The second kappa shape index (κ2) is 5.99. The summed E-state index contributed by atoms with van der Waals surface area (Å²) in [7, 11) is -5.42. The van der Waals surface area contributed by atoms with Crippen molar-refractivity contribution in [1.29, 1.82) is 0 Å². The lowest BCUT2D eigenvalue weighted by Gasteiger charge is -2.24. The topological polar surface area (TPSA) is 61.8 Å². The van der Waals surface area contributed by atoms with Gasteiger partial charge in [0.25, 0.3) is 0 Å². The van der Waals surface area contributed by atoms with Crippen LogP contribution < -0.4 is 18.8 Å². The largest absolute Gasteiger partial charge is 0.534 e. The Kier molecular flexibility index (Phi) is 5.07. The third-order valence-corrected chi connectivity index (χ3v) is 5.69. The summed E-state index contributed by atoms with van der Waals surface area (Å²) < 4.78 is 74.6. The zero-order valence-corrected chi connectivity index (χ0v) is 14.6. The second-order valence-electron chi connectivity index (χ2n) is 5.44. The molecule has 0 bridgehead atoms. The molecule has 0 aliphatic heterocycles. The molecular formula is C12H17F3O5SSi. The molecule has 5 nitrogen and oxygen atoms in total. The fraction of sp³-hybridized carbons (Fsp3) is 0.500. The highest BCUT2D eigenvalue weighted by Crippen LogP contribution is 2.33. The normalized spacial score (nSPS) is 12.9. The third kappa shape index (κ3) is 3.86. The predicted molar refractivity (Wildman–Crippen MR) is 78.1 cm³/mol. The molecule has 0 fully saturated rings. The van der Waals surface area contributed by atoms with Crippen LogP contribution in [0.2, 0.25) is 19.6 Å². The van der Waals surface area contributed by atoms with Crippen LogP contribution in [0.5, 0.6) is 17.2 Å². The van der Waals surface area contributed by atoms with Gasteiger partial charge in [-0.2, -0.15) is 21.6 Å². The van der Waals surface area contributed by atoms with E-state index in [1.807, 2.05) is 19.6 Å². The first-order valence-corrected chi connectivity index (χ1v) is 11.0. The molecule has 0 N–H and O–H groups in total. The number of benzene rings is 1. The highest BCUT2D eigenvalue weighted by Gasteiger charge is 2.49. The number of alkyl halides is 3. The van der Waals surface area contributed by atoms with Crippen molar-refractivity contribution in [2.45, 2.75) is 25.1 Å². The number of rotatable bonds is 5. The van der Waals surface area contributed by atoms with E-state index < -0.39 is 29.4 Å². The summed E-state index contributed by atoms with van der Waals surface area (Å²) in [6.07, 6.45) is 0.